The van der Waals surface area contributed by atoms with E-state index in [-0.39, 0.29) is 0 Å². The Bertz CT molecular complexity index is 155. The Kier molecular flexibility index (Phi) is 5.48. The molecular weight excluding hydrogens is 213 g/mol. The molecule has 1 rings (SSSR count). The van der Waals surface area contributed by atoms with Gasteiger partial charge in [-0.2, -0.15) is 11.8 Å². The second-order valence-corrected chi connectivity index (χ2v) is 4.77. The molecule has 1 atom stereocenters. The summed E-state index contributed by atoms with van der Waals surface area (Å²) in [6, 6.07) is 0. The van der Waals surface area contributed by atoms with Crippen molar-refractivity contribution in [2.24, 2.45) is 5.92 Å². The third-order valence-corrected chi connectivity index (χ3v) is 3.72. The fourth-order valence-electron chi connectivity index (χ4n) is 1.18. The normalized spacial score (nSPS) is 24.8. The molecule has 1 nitrogen and oxygen atoms in total. The molecule has 1 fully saturated rings. The quantitative estimate of drug-likeness (QED) is 0.790. The molecule has 0 aliphatic carbocycles. The van der Waals surface area contributed by atoms with Gasteiger partial charge in [-0.25, -0.2) is 0 Å². The molecule has 70 valence electrons. The van der Waals surface area contributed by atoms with Gasteiger partial charge >= 0.3 is 0 Å². The maximum atomic E-state index is 5.71. The summed E-state index contributed by atoms with van der Waals surface area (Å²) < 4.78 is 0. The van der Waals surface area contributed by atoms with Crippen LogP contribution in [0.4, 0.5) is 0 Å². The minimum atomic E-state index is 0.683. The summed E-state index contributed by atoms with van der Waals surface area (Å²) in [4.78, 5) is 0. The van der Waals surface area contributed by atoms with Crippen molar-refractivity contribution in [3.05, 3.63) is 10.6 Å². The molecular formula is C8H13Cl2NS. The van der Waals surface area contributed by atoms with Gasteiger partial charge in [0.15, 0.2) is 0 Å². The van der Waals surface area contributed by atoms with Gasteiger partial charge in [-0.1, -0.05) is 23.2 Å². The van der Waals surface area contributed by atoms with Crippen molar-refractivity contribution < 1.29 is 0 Å². The fraction of sp³-hybridized carbons (Fsp3) is 0.750. The van der Waals surface area contributed by atoms with Crippen LogP contribution in [0.1, 0.15) is 6.42 Å². The van der Waals surface area contributed by atoms with Crippen LogP contribution in [0, 0.1) is 5.92 Å². The molecule has 0 aromatic carbocycles. The van der Waals surface area contributed by atoms with E-state index in [1.807, 2.05) is 11.8 Å². The highest BCUT2D eigenvalue weighted by Crippen LogP contribution is 2.22. The van der Waals surface area contributed by atoms with E-state index >= 15 is 0 Å². The van der Waals surface area contributed by atoms with Crippen molar-refractivity contribution in [3.63, 3.8) is 0 Å². The highest BCUT2D eigenvalue weighted by Gasteiger charge is 2.14. The Labute approximate surface area is 87.9 Å². The Balaban J connectivity index is 2.01. The maximum absolute atomic E-state index is 5.71. The predicted molar refractivity (Wildman–Crippen MR) is 58.1 cm³/mol. The summed E-state index contributed by atoms with van der Waals surface area (Å²) >= 11 is 13.2. The predicted octanol–water partition coefficient (Wildman–Crippen LogP) is 2.65. The van der Waals surface area contributed by atoms with Crippen LogP contribution in [-0.2, 0) is 0 Å². The molecule has 1 saturated heterocycles. The monoisotopic (exact) mass is 225 g/mol. The van der Waals surface area contributed by atoms with E-state index in [0.717, 1.165) is 12.5 Å². The number of halogens is 2. The molecule has 0 bridgehead atoms. The van der Waals surface area contributed by atoms with E-state index in [1.165, 1.54) is 23.5 Å². The lowest BCUT2D eigenvalue weighted by atomic mass is 10.1. The van der Waals surface area contributed by atoms with Crippen LogP contribution in [0.15, 0.2) is 10.6 Å². The van der Waals surface area contributed by atoms with Gasteiger partial charge in [0.1, 0.15) is 0 Å². The number of rotatable bonds is 4. The Hall–Kier alpha value is 0.630. The van der Waals surface area contributed by atoms with Crippen LogP contribution >= 0.6 is 35.0 Å². The minimum Gasteiger partial charge on any atom is -0.311 e. The molecule has 0 aromatic rings. The molecule has 1 N–H and O–H groups in total. The van der Waals surface area contributed by atoms with Gasteiger partial charge in [0.2, 0.25) is 0 Å². The first-order valence-corrected chi connectivity index (χ1v) is 6.03. The second-order valence-electron chi connectivity index (χ2n) is 2.92. The molecule has 1 aliphatic heterocycles. The fourth-order valence-corrected chi connectivity index (χ4v) is 2.63. The molecule has 1 heterocycles. The molecule has 0 radical (unpaired) electrons. The topological polar surface area (TPSA) is 12.0 Å². The van der Waals surface area contributed by atoms with E-state index < -0.39 is 0 Å². The van der Waals surface area contributed by atoms with E-state index in [2.05, 4.69) is 5.32 Å². The Morgan fingerprint density at radius 2 is 2.50 bits per heavy atom. The molecule has 0 spiro atoms. The summed E-state index contributed by atoms with van der Waals surface area (Å²) in [5.41, 5.74) is 1.41. The van der Waals surface area contributed by atoms with Crippen molar-refractivity contribution in [1.29, 1.82) is 0 Å². The summed E-state index contributed by atoms with van der Waals surface area (Å²) in [7, 11) is 0. The first-order valence-electron chi connectivity index (χ1n) is 4.06. The molecule has 0 amide bonds. The van der Waals surface area contributed by atoms with Crippen molar-refractivity contribution in [3.8, 4) is 0 Å². The van der Waals surface area contributed by atoms with E-state index in [4.69, 9.17) is 23.2 Å². The molecule has 0 aromatic heterocycles. The Morgan fingerprint density at radius 1 is 1.67 bits per heavy atom. The van der Waals surface area contributed by atoms with Crippen LogP contribution < -0.4 is 5.32 Å². The molecule has 1 unspecified atom stereocenters. The van der Waals surface area contributed by atoms with Gasteiger partial charge in [0, 0.05) is 17.1 Å². The van der Waals surface area contributed by atoms with Crippen LogP contribution in [0.25, 0.3) is 0 Å². The molecule has 12 heavy (non-hydrogen) atoms. The van der Waals surface area contributed by atoms with Gasteiger partial charge in [0.05, 0.1) is 0 Å². The van der Waals surface area contributed by atoms with Crippen LogP contribution in [0.3, 0.4) is 0 Å². The summed E-state index contributed by atoms with van der Waals surface area (Å²) in [6.45, 7) is 1.76. The summed E-state index contributed by atoms with van der Waals surface area (Å²) in [6.07, 6.45) is 1.33. The third kappa shape index (κ3) is 4.04. The lowest BCUT2D eigenvalue weighted by molar-refractivity contribution is 0.542. The van der Waals surface area contributed by atoms with Crippen molar-refractivity contribution in [2.75, 3.05) is 24.6 Å². The van der Waals surface area contributed by atoms with E-state index in [0.29, 0.717) is 11.6 Å². The smallest absolute Gasteiger partial charge is 0.0431 e. The first-order chi connectivity index (χ1) is 5.83. The minimum absolute atomic E-state index is 0.683. The van der Waals surface area contributed by atoms with Gasteiger partial charge < -0.3 is 5.32 Å². The highest BCUT2D eigenvalue weighted by atomic mass is 35.5. The summed E-state index contributed by atoms with van der Waals surface area (Å²) in [5, 5.41) is 3.96. The maximum Gasteiger partial charge on any atom is 0.0431 e. The number of hydrogen-bond donors (Lipinski definition) is 1. The van der Waals surface area contributed by atoms with Gasteiger partial charge in [-0.05, 0) is 30.4 Å². The Morgan fingerprint density at radius 3 is 3.08 bits per heavy atom. The van der Waals surface area contributed by atoms with Gasteiger partial charge in [-0.15, -0.1) is 0 Å². The molecule has 1 aliphatic rings. The lowest BCUT2D eigenvalue weighted by Crippen LogP contribution is -2.23. The first kappa shape index (κ1) is 10.7. The zero-order valence-corrected chi connectivity index (χ0v) is 9.18. The highest BCUT2D eigenvalue weighted by molar-refractivity contribution is 7.99. The van der Waals surface area contributed by atoms with Crippen LogP contribution in [0.5, 0.6) is 0 Å². The number of thioether (sulfide) groups is 1. The number of hydrogen-bond acceptors (Lipinski definition) is 2. The average molecular weight is 226 g/mol. The van der Waals surface area contributed by atoms with Gasteiger partial charge in [0.25, 0.3) is 0 Å². The third-order valence-electron chi connectivity index (χ3n) is 1.87. The standard InChI is InChI=1S/C8H13Cl2NS/c9-3-8(10)5-11-4-7-1-2-12-6-7/h3,7,11H,1-2,4-6H2/b8-3+. The second kappa shape index (κ2) is 6.14. The average Bonchev–Trinajstić information content (AvgIpc) is 2.57. The van der Waals surface area contributed by atoms with Gasteiger partial charge in [-0.3, -0.25) is 0 Å². The zero-order chi connectivity index (χ0) is 8.81. The summed E-state index contributed by atoms with van der Waals surface area (Å²) in [5.74, 6) is 3.43. The largest absolute Gasteiger partial charge is 0.311 e. The van der Waals surface area contributed by atoms with E-state index in [9.17, 15) is 0 Å². The lowest BCUT2D eigenvalue weighted by Gasteiger charge is -2.08. The molecule has 0 saturated carbocycles. The SMILES string of the molecule is Cl/C=C(/Cl)CNCC1CCSC1. The van der Waals surface area contributed by atoms with Crippen molar-refractivity contribution in [2.45, 2.75) is 6.42 Å². The van der Waals surface area contributed by atoms with Crippen LogP contribution in [0.2, 0.25) is 0 Å². The zero-order valence-electron chi connectivity index (χ0n) is 6.85. The molecule has 4 heteroatoms. The van der Waals surface area contributed by atoms with Crippen LogP contribution in [-0.4, -0.2) is 24.6 Å². The van der Waals surface area contributed by atoms with E-state index in [1.54, 1.807) is 0 Å². The number of nitrogens with one attached hydrogen (secondary N) is 1. The van der Waals surface area contributed by atoms with Crippen molar-refractivity contribution in [1.82, 2.24) is 5.32 Å². The van der Waals surface area contributed by atoms with Crippen molar-refractivity contribution >= 4 is 35.0 Å².